The summed E-state index contributed by atoms with van der Waals surface area (Å²) >= 11 is 1.83. The fourth-order valence-corrected chi connectivity index (χ4v) is 6.30. The lowest BCUT2D eigenvalue weighted by Gasteiger charge is -2.39. The summed E-state index contributed by atoms with van der Waals surface area (Å²) in [5, 5.41) is 28.4. The van der Waals surface area contributed by atoms with E-state index >= 15 is 0 Å². The number of ether oxygens (including phenoxy) is 1. The number of piperidine rings is 1. The van der Waals surface area contributed by atoms with Crippen molar-refractivity contribution in [1.82, 2.24) is 20.1 Å². The number of fused-ring (bicyclic) bond motifs is 1. The van der Waals surface area contributed by atoms with Crippen LogP contribution in [-0.2, 0) is 4.79 Å². The molecule has 3 aromatic rings. The molecule has 1 aliphatic heterocycles. The molecule has 1 fully saturated rings. The van der Waals surface area contributed by atoms with E-state index in [2.05, 4.69) is 20.1 Å². The summed E-state index contributed by atoms with van der Waals surface area (Å²) in [6, 6.07) is 7.61. The van der Waals surface area contributed by atoms with Gasteiger partial charge in [0.05, 0.1) is 24.9 Å². The van der Waals surface area contributed by atoms with Gasteiger partial charge in [-0.1, -0.05) is 0 Å². The Morgan fingerprint density at radius 1 is 1.30 bits per heavy atom. The standard InChI is InChI=1S/C28H38N4O4S/c1-19-27(17-30-31-19)37-15-3-13-32-14-11-20(21(18-32)5-9-28(34)35)4-8-26(33)23-10-12-29-25-7-6-22(36-2)16-24(23)25/h6-7,10,12,16-17,20-21,26,33H,3-5,8-9,11,13-15,18H2,1-2H3,(H,30,31)(H,34,35)/t20-,21-,26-/m1/s1. The van der Waals surface area contributed by atoms with Crippen molar-refractivity contribution in [3.63, 3.8) is 0 Å². The third-order valence-electron chi connectivity index (χ3n) is 7.52. The van der Waals surface area contributed by atoms with Crippen LogP contribution in [0.5, 0.6) is 5.75 Å². The number of benzene rings is 1. The molecule has 0 saturated carbocycles. The molecule has 1 saturated heterocycles. The second-order valence-electron chi connectivity index (χ2n) is 9.98. The molecule has 0 bridgehead atoms. The van der Waals surface area contributed by atoms with Crippen molar-refractivity contribution < 1.29 is 19.7 Å². The fourth-order valence-electron chi connectivity index (χ4n) is 5.42. The molecule has 3 N–H and O–H groups in total. The van der Waals surface area contributed by atoms with Gasteiger partial charge in [-0.25, -0.2) is 0 Å². The molecule has 0 radical (unpaired) electrons. The van der Waals surface area contributed by atoms with Gasteiger partial charge in [0.2, 0.25) is 0 Å². The lowest BCUT2D eigenvalue weighted by atomic mass is 9.79. The molecule has 9 heteroatoms. The van der Waals surface area contributed by atoms with Crippen LogP contribution in [0.25, 0.3) is 10.9 Å². The Morgan fingerprint density at radius 2 is 2.16 bits per heavy atom. The number of carboxylic acids is 1. The Balaban J connectivity index is 1.32. The first-order valence-corrected chi connectivity index (χ1v) is 14.1. The van der Waals surface area contributed by atoms with Gasteiger partial charge in [0, 0.05) is 35.1 Å². The highest BCUT2D eigenvalue weighted by Crippen LogP contribution is 2.35. The molecule has 2 aromatic heterocycles. The summed E-state index contributed by atoms with van der Waals surface area (Å²) in [6.07, 6.45) is 7.56. The van der Waals surface area contributed by atoms with Gasteiger partial charge in [-0.05, 0) is 99.5 Å². The van der Waals surface area contributed by atoms with Crippen LogP contribution in [0.15, 0.2) is 41.6 Å². The summed E-state index contributed by atoms with van der Waals surface area (Å²) in [5.74, 6) is 1.79. The van der Waals surface area contributed by atoms with Gasteiger partial charge >= 0.3 is 5.97 Å². The van der Waals surface area contributed by atoms with Gasteiger partial charge in [-0.15, -0.1) is 11.8 Å². The number of methoxy groups -OCH3 is 1. The molecular weight excluding hydrogens is 488 g/mol. The molecule has 3 heterocycles. The summed E-state index contributed by atoms with van der Waals surface area (Å²) in [4.78, 5) is 19.5. The van der Waals surface area contributed by atoms with E-state index in [1.165, 1.54) is 4.90 Å². The van der Waals surface area contributed by atoms with Crippen LogP contribution in [0.4, 0.5) is 0 Å². The van der Waals surface area contributed by atoms with Gasteiger partial charge in [-0.3, -0.25) is 14.9 Å². The number of pyridine rings is 1. The van der Waals surface area contributed by atoms with Crippen molar-refractivity contribution in [3.8, 4) is 5.75 Å². The third-order valence-corrected chi connectivity index (χ3v) is 8.73. The van der Waals surface area contributed by atoms with Crippen molar-refractivity contribution >= 4 is 28.6 Å². The van der Waals surface area contributed by atoms with Crippen LogP contribution in [0.2, 0.25) is 0 Å². The maximum Gasteiger partial charge on any atom is 0.303 e. The number of thioether (sulfide) groups is 1. The van der Waals surface area contributed by atoms with Crippen molar-refractivity contribution in [2.75, 3.05) is 32.5 Å². The smallest absolute Gasteiger partial charge is 0.303 e. The number of aliphatic carboxylic acids is 1. The van der Waals surface area contributed by atoms with Crippen molar-refractivity contribution in [3.05, 3.63) is 47.9 Å². The second kappa shape index (κ2) is 13.3. The number of aryl methyl sites for hydroxylation is 1. The van der Waals surface area contributed by atoms with Gasteiger partial charge in [0.25, 0.3) is 0 Å². The number of aromatic nitrogens is 3. The Kier molecular flexibility index (Phi) is 9.82. The molecule has 3 atom stereocenters. The Hall–Kier alpha value is -2.62. The Morgan fingerprint density at radius 3 is 2.92 bits per heavy atom. The molecule has 1 aliphatic rings. The zero-order valence-electron chi connectivity index (χ0n) is 21.7. The number of hydrogen-bond donors (Lipinski definition) is 3. The molecule has 0 amide bonds. The van der Waals surface area contributed by atoms with E-state index in [1.807, 2.05) is 49.1 Å². The van der Waals surface area contributed by atoms with Crippen molar-refractivity contribution in [2.45, 2.75) is 56.4 Å². The lowest BCUT2D eigenvalue weighted by Crippen LogP contribution is -2.41. The van der Waals surface area contributed by atoms with E-state index < -0.39 is 12.1 Å². The van der Waals surface area contributed by atoms with Crippen LogP contribution < -0.4 is 4.74 Å². The first-order valence-electron chi connectivity index (χ1n) is 13.1. The maximum atomic E-state index is 11.3. The van der Waals surface area contributed by atoms with Crippen LogP contribution in [0.1, 0.15) is 55.9 Å². The van der Waals surface area contributed by atoms with Gasteiger partial charge in [0.1, 0.15) is 5.75 Å². The summed E-state index contributed by atoms with van der Waals surface area (Å²) in [7, 11) is 1.64. The number of carbonyl (C=O) groups is 1. The Bertz CT molecular complexity index is 1170. The predicted molar refractivity (Wildman–Crippen MR) is 146 cm³/mol. The highest BCUT2D eigenvalue weighted by atomic mass is 32.2. The quantitative estimate of drug-likeness (QED) is 0.209. The van der Waals surface area contributed by atoms with E-state index in [-0.39, 0.29) is 6.42 Å². The number of H-pyrrole nitrogens is 1. The number of aromatic amines is 1. The maximum absolute atomic E-state index is 11.3. The van der Waals surface area contributed by atoms with Crippen LogP contribution in [0, 0.1) is 18.8 Å². The van der Waals surface area contributed by atoms with E-state index in [9.17, 15) is 15.0 Å². The highest BCUT2D eigenvalue weighted by molar-refractivity contribution is 7.99. The average molecular weight is 527 g/mol. The number of carboxylic acid groups (broad SMARTS) is 1. The second-order valence-corrected chi connectivity index (χ2v) is 11.1. The summed E-state index contributed by atoms with van der Waals surface area (Å²) < 4.78 is 5.37. The average Bonchev–Trinajstić information content (AvgIpc) is 3.32. The van der Waals surface area contributed by atoms with Gasteiger partial charge in [-0.2, -0.15) is 5.10 Å². The number of aliphatic hydroxyl groups is 1. The lowest BCUT2D eigenvalue weighted by molar-refractivity contribution is -0.137. The summed E-state index contributed by atoms with van der Waals surface area (Å²) in [6.45, 7) is 5.01. The molecule has 0 spiro atoms. The van der Waals surface area contributed by atoms with Crippen LogP contribution in [0.3, 0.4) is 0 Å². The monoisotopic (exact) mass is 526 g/mol. The molecule has 37 heavy (non-hydrogen) atoms. The van der Waals surface area contributed by atoms with E-state index in [1.54, 1.807) is 13.3 Å². The third kappa shape index (κ3) is 7.46. The van der Waals surface area contributed by atoms with E-state index in [0.717, 1.165) is 72.6 Å². The number of hydrogen-bond acceptors (Lipinski definition) is 7. The summed E-state index contributed by atoms with van der Waals surface area (Å²) in [5.41, 5.74) is 2.82. The topological polar surface area (TPSA) is 112 Å². The zero-order chi connectivity index (χ0) is 26.2. The van der Waals surface area contributed by atoms with Crippen molar-refractivity contribution in [2.24, 2.45) is 11.8 Å². The van der Waals surface area contributed by atoms with Gasteiger partial charge in [0.15, 0.2) is 0 Å². The largest absolute Gasteiger partial charge is 0.497 e. The molecule has 0 unspecified atom stereocenters. The minimum atomic E-state index is -0.736. The number of nitrogens with zero attached hydrogens (tertiary/aromatic N) is 3. The van der Waals surface area contributed by atoms with Crippen molar-refractivity contribution in [1.29, 1.82) is 0 Å². The number of nitrogens with one attached hydrogen (secondary N) is 1. The van der Waals surface area contributed by atoms with E-state index in [0.29, 0.717) is 24.7 Å². The number of likely N-dealkylation sites (tertiary alicyclic amines) is 1. The fraction of sp³-hybridized carbons (Fsp3) is 0.536. The van der Waals surface area contributed by atoms with E-state index in [4.69, 9.17) is 4.74 Å². The highest BCUT2D eigenvalue weighted by Gasteiger charge is 2.30. The molecular formula is C28H38N4O4S. The number of aliphatic hydroxyl groups excluding tert-OH is 1. The Labute approximate surface area is 222 Å². The molecule has 1 aromatic carbocycles. The molecule has 0 aliphatic carbocycles. The zero-order valence-corrected chi connectivity index (χ0v) is 22.5. The first kappa shape index (κ1) is 27.4. The van der Waals surface area contributed by atoms with Crippen LogP contribution in [-0.4, -0.2) is 68.8 Å². The minimum absolute atomic E-state index is 0.196. The molecule has 4 rings (SSSR count). The van der Waals surface area contributed by atoms with Gasteiger partial charge < -0.3 is 19.8 Å². The predicted octanol–water partition coefficient (Wildman–Crippen LogP) is 5.07. The van der Waals surface area contributed by atoms with Crippen LogP contribution >= 0.6 is 11.8 Å². The SMILES string of the molecule is COc1ccc2nccc([C@H](O)CC[C@@H]3CCN(CCCSc4cn[nH]c4C)C[C@H]3CCC(=O)O)c2c1. The minimum Gasteiger partial charge on any atom is -0.497 e. The normalized spacial score (nSPS) is 19.2. The first-order chi connectivity index (χ1) is 17.9. The number of rotatable bonds is 13. The molecule has 8 nitrogen and oxygen atoms in total. The molecule has 200 valence electrons.